The van der Waals surface area contributed by atoms with Crippen LogP contribution in [-0.4, -0.2) is 35.2 Å². The Morgan fingerprint density at radius 3 is 2.57 bits per heavy atom. The predicted molar refractivity (Wildman–Crippen MR) is 105 cm³/mol. The number of aryl methyl sites for hydroxylation is 1. The lowest BCUT2D eigenvalue weighted by molar-refractivity contribution is 0.376. The Hall–Kier alpha value is -0.860. The molecule has 1 aromatic rings. The molecule has 6 nitrogen and oxygen atoms in total. The van der Waals surface area contributed by atoms with E-state index in [0.717, 1.165) is 24.8 Å². The van der Waals surface area contributed by atoms with Crippen LogP contribution in [0.15, 0.2) is 9.52 Å². The third-order valence-corrected chi connectivity index (χ3v) is 3.31. The van der Waals surface area contributed by atoms with E-state index >= 15 is 0 Å². The first-order valence-corrected chi connectivity index (χ1v) is 8.35. The maximum Gasteiger partial charge on any atom is 0.228 e. The van der Waals surface area contributed by atoms with E-state index in [9.17, 15) is 0 Å². The van der Waals surface area contributed by atoms with Gasteiger partial charge in [-0.1, -0.05) is 31.8 Å². The first kappa shape index (κ1) is 22.1. The second-order valence-corrected chi connectivity index (χ2v) is 6.12. The van der Waals surface area contributed by atoms with Crippen LogP contribution in [0.3, 0.4) is 0 Å². The molecule has 1 aromatic heterocycles. The Balaban J connectivity index is 0.00000484. The average molecular weight is 437 g/mol. The van der Waals surface area contributed by atoms with Crippen LogP contribution in [0.1, 0.15) is 58.7 Å². The molecule has 0 fully saturated rings. The number of hydrogen-bond acceptors (Lipinski definition) is 4. The summed E-state index contributed by atoms with van der Waals surface area (Å²) in [5, 5.41) is 10.5. The van der Waals surface area contributed by atoms with Crippen molar-refractivity contribution in [2.45, 2.75) is 66.3 Å². The van der Waals surface area contributed by atoms with Gasteiger partial charge in [-0.25, -0.2) is 0 Å². The number of nitrogens with one attached hydrogen (secondary N) is 2. The number of guanidine groups is 1. The molecule has 0 saturated heterocycles. The fraction of sp³-hybridized carbons (Fsp3) is 0.812. The van der Waals surface area contributed by atoms with Crippen molar-refractivity contribution in [3.63, 3.8) is 0 Å². The van der Waals surface area contributed by atoms with Crippen molar-refractivity contribution >= 4 is 29.9 Å². The lowest BCUT2D eigenvalue weighted by atomic mass is 10.0. The van der Waals surface area contributed by atoms with Gasteiger partial charge in [-0.3, -0.25) is 4.99 Å². The van der Waals surface area contributed by atoms with Gasteiger partial charge in [-0.2, -0.15) is 4.98 Å². The molecular weight excluding hydrogens is 405 g/mol. The van der Waals surface area contributed by atoms with Crippen LogP contribution in [0.5, 0.6) is 0 Å². The van der Waals surface area contributed by atoms with Gasteiger partial charge in [0.1, 0.15) is 0 Å². The maximum atomic E-state index is 5.09. The Bertz CT molecular complexity index is 447. The van der Waals surface area contributed by atoms with Crippen molar-refractivity contribution in [1.29, 1.82) is 0 Å². The molecule has 1 atom stereocenters. The largest absolute Gasteiger partial charge is 0.357 e. The highest BCUT2D eigenvalue weighted by molar-refractivity contribution is 14.0. The molecule has 0 radical (unpaired) electrons. The molecule has 0 bridgehead atoms. The average Bonchev–Trinajstić information content (AvgIpc) is 2.84. The van der Waals surface area contributed by atoms with Crippen LogP contribution in [0.25, 0.3) is 0 Å². The second kappa shape index (κ2) is 12.5. The minimum absolute atomic E-state index is 0. The molecule has 0 aliphatic rings. The Labute approximate surface area is 157 Å². The highest BCUT2D eigenvalue weighted by Crippen LogP contribution is 2.08. The van der Waals surface area contributed by atoms with E-state index in [2.05, 4.69) is 53.5 Å². The molecule has 2 N–H and O–H groups in total. The summed E-state index contributed by atoms with van der Waals surface area (Å²) >= 11 is 0. The van der Waals surface area contributed by atoms with Gasteiger partial charge in [-0.05, 0) is 33.1 Å². The maximum absolute atomic E-state index is 5.09. The van der Waals surface area contributed by atoms with Crippen molar-refractivity contribution in [2.75, 3.05) is 13.1 Å². The van der Waals surface area contributed by atoms with E-state index in [0.29, 0.717) is 30.7 Å². The Morgan fingerprint density at radius 1 is 1.26 bits per heavy atom. The van der Waals surface area contributed by atoms with Gasteiger partial charge < -0.3 is 15.2 Å². The minimum Gasteiger partial charge on any atom is -0.357 e. The molecule has 134 valence electrons. The normalized spacial score (nSPS) is 12.9. The number of halogens is 1. The van der Waals surface area contributed by atoms with Gasteiger partial charge in [0.15, 0.2) is 11.8 Å². The summed E-state index contributed by atoms with van der Waals surface area (Å²) in [5.41, 5.74) is 0. The monoisotopic (exact) mass is 437 g/mol. The molecule has 1 unspecified atom stereocenters. The summed E-state index contributed by atoms with van der Waals surface area (Å²) in [6, 6.07) is 0.419. The predicted octanol–water partition coefficient (Wildman–Crippen LogP) is 3.31. The lowest BCUT2D eigenvalue weighted by Crippen LogP contribution is -2.42. The first-order chi connectivity index (χ1) is 10.5. The topological polar surface area (TPSA) is 75.3 Å². The molecule has 0 amide bonds. The standard InChI is InChI=1S/C16H31N5O.HI/c1-6-17-16(19-13(4)9-7-8-12(2)3)18-11-10-15-20-14(5)21-22-15;/h12-13H,6-11H2,1-5H3,(H2,17,18,19);1H. The number of aliphatic imine (C=N–C) groups is 1. The summed E-state index contributed by atoms with van der Waals surface area (Å²) in [6.07, 6.45) is 4.34. The van der Waals surface area contributed by atoms with E-state index in [1.165, 1.54) is 12.8 Å². The molecule has 7 heteroatoms. The van der Waals surface area contributed by atoms with E-state index in [1.54, 1.807) is 0 Å². The highest BCUT2D eigenvalue weighted by atomic mass is 127. The zero-order valence-electron chi connectivity index (χ0n) is 15.1. The van der Waals surface area contributed by atoms with Crippen molar-refractivity contribution in [3.05, 3.63) is 11.7 Å². The number of rotatable bonds is 9. The van der Waals surface area contributed by atoms with E-state index in [1.807, 2.05) is 6.92 Å². The first-order valence-electron chi connectivity index (χ1n) is 8.35. The molecule has 0 spiro atoms. The highest BCUT2D eigenvalue weighted by Gasteiger charge is 2.06. The quantitative estimate of drug-likeness (QED) is 0.352. The lowest BCUT2D eigenvalue weighted by Gasteiger charge is -2.18. The van der Waals surface area contributed by atoms with Gasteiger partial charge in [0.25, 0.3) is 0 Å². The second-order valence-electron chi connectivity index (χ2n) is 6.12. The molecule has 1 rings (SSSR count). The summed E-state index contributed by atoms with van der Waals surface area (Å²) in [7, 11) is 0. The van der Waals surface area contributed by atoms with Gasteiger partial charge >= 0.3 is 0 Å². The SMILES string of the molecule is CCNC(=NCCc1nc(C)no1)NC(C)CCCC(C)C.I. The molecule has 0 aromatic carbocycles. The van der Waals surface area contributed by atoms with Crippen LogP contribution in [0.4, 0.5) is 0 Å². The summed E-state index contributed by atoms with van der Waals surface area (Å²) in [4.78, 5) is 8.75. The van der Waals surface area contributed by atoms with Crippen molar-refractivity contribution in [1.82, 2.24) is 20.8 Å². The van der Waals surface area contributed by atoms with Gasteiger partial charge in [0.2, 0.25) is 5.89 Å². The Morgan fingerprint density at radius 2 is 2.00 bits per heavy atom. The van der Waals surface area contributed by atoms with Crippen LogP contribution in [0.2, 0.25) is 0 Å². The van der Waals surface area contributed by atoms with Crippen molar-refractivity contribution in [3.8, 4) is 0 Å². The molecule has 0 aliphatic carbocycles. The fourth-order valence-corrected chi connectivity index (χ4v) is 2.16. The summed E-state index contributed by atoms with van der Waals surface area (Å²) in [6.45, 7) is 12.1. The zero-order chi connectivity index (χ0) is 16.4. The third kappa shape index (κ3) is 10.5. The summed E-state index contributed by atoms with van der Waals surface area (Å²) < 4.78 is 5.09. The smallest absolute Gasteiger partial charge is 0.228 e. The number of nitrogens with zero attached hydrogens (tertiary/aromatic N) is 3. The van der Waals surface area contributed by atoms with Gasteiger partial charge in [0, 0.05) is 19.0 Å². The van der Waals surface area contributed by atoms with E-state index in [-0.39, 0.29) is 24.0 Å². The summed E-state index contributed by atoms with van der Waals surface area (Å²) in [5.74, 6) is 2.94. The number of aromatic nitrogens is 2. The van der Waals surface area contributed by atoms with Crippen LogP contribution < -0.4 is 10.6 Å². The number of hydrogen-bond donors (Lipinski definition) is 2. The fourth-order valence-electron chi connectivity index (χ4n) is 2.16. The van der Waals surface area contributed by atoms with Gasteiger partial charge in [0.05, 0.1) is 6.54 Å². The molecule has 0 saturated carbocycles. The molecule has 0 aliphatic heterocycles. The zero-order valence-corrected chi connectivity index (χ0v) is 17.4. The van der Waals surface area contributed by atoms with Crippen molar-refractivity contribution in [2.24, 2.45) is 10.9 Å². The van der Waals surface area contributed by atoms with Crippen LogP contribution in [-0.2, 0) is 6.42 Å². The van der Waals surface area contributed by atoms with Gasteiger partial charge in [-0.15, -0.1) is 24.0 Å². The van der Waals surface area contributed by atoms with E-state index < -0.39 is 0 Å². The van der Waals surface area contributed by atoms with Crippen LogP contribution in [0, 0.1) is 12.8 Å². The molecule has 23 heavy (non-hydrogen) atoms. The van der Waals surface area contributed by atoms with Crippen molar-refractivity contribution < 1.29 is 4.52 Å². The Kier molecular flexibility index (Phi) is 12.1. The van der Waals surface area contributed by atoms with E-state index in [4.69, 9.17) is 4.52 Å². The van der Waals surface area contributed by atoms with Crippen LogP contribution >= 0.6 is 24.0 Å². The molecule has 1 heterocycles. The third-order valence-electron chi connectivity index (χ3n) is 3.31. The minimum atomic E-state index is 0. The molecular formula is C16H32IN5O.